The van der Waals surface area contributed by atoms with Crippen molar-refractivity contribution in [3.8, 4) is 0 Å². The lowest BCUT2D eigenvalue weighted by Gasteiger charge is -2.36. The molecule has 0 fully saturated rings. The second kappa shape index (κ2) is 6.49. The third-order valence-corrected chi connectivity index (χ3v) is 7.86. The fourth-order valence-electron chi connectivity index (χ4n) is 1.11. The van der Waals surface area contributed by atoms with Crippen molar-refractivity contribution in [2.45, 2.75) is 64.6 Å². The second-order valence-electron chi connectivity index (χ2n) is 5.75. The van der Waals surface area contributed by atoms with E-state index in [2.05, 4.69) is 40.4 Å². The minimum Gasteiger partial charge on any atom is -0.417 e. The summed E-state index contributed by atoms with van der Waals surface area (Å²) in [5, 5.41) is 0.341. The van der Waals surface area contributed by atoms with Crippen molar-refractivity contribution in [3.63, 3.8) is 0 Å². The largest absolute Gasteiger partial charge is 0.417 e. The average molecular weight is 228 g/mol. The molecule has 0 amide bonds. The maximum atomic E-state index is 6.09. The molecule has 0 saturated carbocycles. The van der Waals surface area contributed by atoms with Crippen molar-refractivity contribution < 1.29 is 4.43 Å². The molecule has 0 aliphatic rings. The minimum atomic E-state index is -1.49. The van der Waals surface area contributed by atoms with Crippen LogP contribution in [0.5, 0.6) is 0 Å². The number of rotatable bonds is 7. The summed E-state index contributed by atoms with van der Waals surface area (Å²) in [6.07, 6.45) is 6.85. The molecule has 0 rings (SSSR count). The quantitative estimate of drug-likeness (QED) is 0.347. The molecule has 0 atom stereocenters. The van der Waals surface area contributed by atoms with Crippen LogP contribution in [0.25, 0.3) is 0 Å². The van der Waals surface area contributed by atoms with Crippen LogP contribution in [0.4, 0.5) is 0 Å². The Bertz CT molecular complexity index is 179. The molecule has 2 heteroatoms. The molecule has 0 saturated heterocycles. The third kappa shape index (κ3) is 6.16. The fourth-order valence-corrected chi connectivity index (χ4v) is 2.20. The van der Waals surface area contributed by atoms with E-state index in [-0.39, 0.29) is 0 Å². The Morgan fingerprint density at radius 3 is 2.20 bits per heavy atom. The highest BCUT2D eigenvalue weighted by Gasteiger charge is 2.36. The van der Waals surface area contributed by atoms with Crippen molar-refractivity contribution in [1.82, 2.24) is 0 Å². The molecule has 0 heterocycles. The Balaban J connectivity index is 3.62. The maximum absolute atomic E-state index is 6.09. The Hall–Kier alpha value is -0.0831. The van der Waals surface area contributed by atoms with Crippen LogP contribution in [0.2, 0.25) is 18.1 Å². The van der Waals surface area contributed by atoms with Crippen LogP contribution < -0.4 is 0 Å². The van der Waals surface area contributed by atoms with Gasteiger partial charge < -0.3 is 4.43 Å². The molecule has 15 heavy (non-hydrogen) atoms. The van der Waals surface area contributed by atoms with Crippen LogP contribution in [0.1, 0.15) is 46.5 Å². The number of hydrogen-bond acceptors (Lipinski definition) is 1. The summed E-state index contributed by atoms with van der Waals surface area (Å²) in [6.45, 7) is 16.2. The van der Waals surface area contributed by atoms with Crippen molar-refractivity contribution in [2.75, 3.05) is 6.61 Å². The van der Waals surface area contributed by atoms with Gasteiger partial charge in [-0.3, -0.25) is 0 Å². The van der Waals surface area contributed by atoms with E-state index in [9.17, 15) is 0 Å². The van der Waals surface area contributed by atoms with Crippen LogP contribution in [-0.2, 0) is 4.43 Å². The highest BCUT2D eigenvalue weighted by molar-refractivity contribution is 6.74. The predicted octanol–water partition coefficient (Wildman–Crippen LogP) is 4.75. The van der Waals surface area contributed by atoms with Crippen molar-refractivity contribution in [2.24, 2.45) is 0 Å². The molecular formula is C13H28OSi. The van der Waals surface area contributed by atoms with Crippen LogP contribution >= 0.6 is 0 Å². The van der Waals surface area contributed by atoms with Crippen molar-refractivity contribution in [1.29, 1.82) is 0 Å². The second-order valence-corrected chi connectivity index (χ2v) is 10.6. The first-order valence-electron chi connectivity index (χ1n) is 6.06. The lowest BCUT2D eigenvalue weighted by Crippen LogP contribution is -2.40. The number of unbranched alkanes of at least 4 members (excludes halogenated alkanes) is 3. The van der Waals surface area contributed by atoms with Gasteiger partial charge in [-0.15, -0.1) is 6.58 Å². The van der Waals surface area contributed by atoms with E-state index in [1.807, 2.05) is 6.08 Å². The maximum Gasteiger partial charge on any atom is 0.191 e. The van der Waals surface area contributed by atoms with Crippen molar-refractivity contribution >= 4 is 8.32 Å². The van der Waals surface area contributed by atoms with Gasteiger partial charge >= 0.3 is 0 Å². The SMILES string of the molecule is C=CCCCCCO[Si](C)(C)C(C)(C)C. The highest BCUT2D eigenvalue weighted by atomic mass is 28.4. The van der Waals surface area contributed by atoms with E-state index >= 15 is 0 Å². The summed E-state index contributed by atoms with van der Waals surface area (Å²) in [4.78, 5) is 0. The van der Waals surface area contributed by atoms with Gasteiger partial charge in [-0.25, -0.2) is 0 Å². The lowest BCUT2D eigenvalue weighted by atomic mass is 10.2. The average Bonchev–Trinajstić information content (AvgIpc) is 2.09. The minimum absolute atomic E-state index is 0.341. The van der Waals surface area contributed by atoms with Gasteiger partial charge in [0.15, 0.2) is 8.32 Å². The molecule has 0 aliphatic carbocycles. The predicted molar refractivity (Wildman–Crippen MR) is 71.8 cm³/mol. The smallest absolute Gasteiger partial charge is 0.191 e. The molecule has 90 valence electrons. The van der Waals surface area contributed by atoms with Gasteiger partial charge in [0.05, 0.1) is 0 Å². The lowest BCUT2D eigenvalue weighted by molar-refractivity contribution is 0.278. The van der Waals surface area contributed by atoms with E-state index < -0.39 is 8.32 Å². The molecule has 1 nitrogen and oxygen atoms in total. The first-order valence-corrected chi connectivity index (χ1v) is 8.97. The standard InChI is InChI=1S/C13H28OSi/c1-7-8-9-10-11-12-14-15(5,6)13(2,3)4/h7H,1,8-12H2,2-6H3. The molecule has 0 radical (unpaired) electrons. The van der Waals surface area contributed by atoms with E-state index in [4.69, 9.17) is 4.43 Å². The van der Waals surface area contributed by atoms with Crippen LogP contribution in [0.15, 0.2) is 12.7 Å². The Labute approximate surface area is 97.0 Å². The molecule has 0 N–H and O–H groups in total. The van der Waals surface area contributed by atoms with Gasteiger partial charge in [0.2, 0.25) is 0 Å². The summed E-state index contributed by atoms with van der Waals surface area (Å²) in [7, 11) is -1.49. The number of hydrogen-bond donors (Lipinski definition) is 0. The topological polar surface area (TPSA) is 9.23 Å². The van der Waals surface area contributed by atoms with Gasteiger partial charge in [0.1, 0.15) is 0 Å². The summed E-state index contributed by atoms with van der Waals surface area (Å²) < 4.78 is 6.09. The van der Waals surface area contributed by atoms with Crippen LogP contribution in [-0.4, -0.2) is 14.9 Å². The van der Waals surface area contributed by atoms with Gasteiger partial charge in [0.25, 0.3) is 0 Å². The van der Waals surface area contributed by atoms with Gasteiger partial charge in [-0.05, 0) is 37.4 Å². The van der Waals surface area contributed by atoms with E-state index in [0.29, 0.717) is 5.04 Å². The molecule has 0 aliphatic heterocycles. The van der Waals surface area contributed by atoms with Gasteiger partial charge in [-0.1, -0.05) is 33.3 Å². The highest BCUT2D eigenvalue weighted by Crippen LogP contribution is 2.36. The van der Waals surface area contributed by atoms with E-state index in [1.165, 1.54) is 19.3 Å². The molecule has 0 aromatic heterocycles. The summed E-state index contributed by atoms with van der Waals surface area (Å²) in [5.41, 5.74) is 0. The summed E-state index contributed by atoms with van der Waals surface area (Å²) in [5.74, 6) is 0. The van der Waals surface area contributed by atoms with E-state index in [0.717, 1.165) is 13.0 Å². The first kappa shape index (κ1) is 14.9. The molecular weight excluding hydrogens is 200 g/mol. The third-order valence-electron chi connectivity index (χ3n) is 3.32. The Morgan fingerprint density at radius 2 is 1.73 bits per heavy atom. The Morgan fingerprint density at radius 1 is 1.13 bits per heavy atom. The molecule has 0 bridgehead atoms. The van der Waals surface area contributed by atoms with Crippen molar-refractivity contribution in [3.05, 3.63) is 12.7 Å². The Kier molecular flexibility index (Phi) is 6.45. The number of allylic oxidation sites excluding steroid dienone is 1. The molecule has 0 aromatic rings. The molecule has 0 unspecified atom stereocenters. The summed E-state index contributed by atoms with van der Waals surface area (Å²) in [6, 6.07) is 0. The van der Waals surface area contributed by atoms with Crippen LogP contribution in [0.3, 0.4) is 0 Å². The fraction of sp³-hybridized carbons (Fsp3) is 0.846. The van der Waals surface area contributed by atoms with Gasteiger partial charge in [-0.2, -0.15) is 0 Å². The zero-order valence-corrected chi connectivity index (χ0v) is 12.2. The molecule has 0 aromatic carbocycles. The normalized spacial score (nSPS) is 12.9. The van der Waals surface area contributed by atoms with E-state index in [1.54, 1.807) is 0 Å². The zero-order valence-electron chi connectivity index (χ0n) is 11.2. The zero-order chi connectivity index (χ0) is 11.9. The van der Waals surface area contributed by atoms with Gasteiger partial charge in [0, 0.05) is 6.61 Å². The molecule has 0 spiro atoms. The summed E-state index contributed by atoms with van der Waals surface area (Å²) >= 11 is 0. The first-order chi connectivity index (χ1) is 6.81. The van der Waals surface area contributed by atoms with Crippen LogP contribution in [0, 0.1) is 0 Å². The monoisotopic (exact) mass is 228 g/mol.